The first-order chi connectivity index (χ1) is 9.98. The zero-order valence-corrected chi connectivity index (χ0v) is 12.4. The Kier molecular flexibility index (Phi) is 4.80. The predicted octanol–water partition coefficient (Wildman–Crippen LogP) is 3.10. The summed E-state index contributed by atoms with van der Waals surface area (Å²) in [5.74, 6) is -1.98. The molecule has 1 aromatic carbocycles. The van der Waals surface area contributed by atoms with Gasteiger partial charge in [0.15, 0.2) is 0 Å². The maximum Gasteiger partial charge on any atom is 0.227 e. The molecule has 2 unspecified atom stereocenters. The minimum absolute atomic E-state index is 0.105. The number of primary amides is 1. The predicted molar refractivity (Wildman–Crippen MR) is 80.3 cm³/mol. The molecule has 0 bridgehead atoms. The number of carbonyl (C=O) groups is 1. The SMILES string of the molecule is COC1(CCc2ccccc2)C=C(F)C(Cl)=CC1C(N)=O. The molecule has 0 saturated heterocycles. The molecular weight excluding hydrogens is 293 g/mol. The van der Waals surface area contributed by atoms with E-state index in [1.54, 1.807) is 0 Å². The number of aryl methyl sites for hydroxylation is 1. The zero-order chi connectivity index (χ0) is 15.5. The number of nitrogens with two attached hydrogens (primary N) is 1. The molecular formula is C16H17ClFNO2. The Labute approximate surface area is 128 Å². The van der Waals surface area contributed by atoms with Crippen molar-refractivity contribution >= 4 is 17.5 Å². The number of amides is 1. The first kappa shape index (κ1) is 15.7. The fourth-order valence-electron chi connectivity index (χ4n) is 2.56. The van der Waals surface area contributed by atoms with Gasteiger partial charge in [-0.05, 0) is 30.6 Å². The topological polar surface area (TPSA) is 52.3 Å². The number of ether oxygens (including phenoxy) is 1. The molecule has 1 aliphatic rings. The van der Waals surface area contributed by atoms with Crippen molar-refractivity contribution in [1.82, 2.24) is 0 Å². The summed E-state index contributed by atoms with van der Waals surface area (Å²) in [5.41, 5.74) is 5.39. The molecule has 21 heavy (non-hydrogen) atoms. The summed E-state index contributed by atoms with van der Waals surface area (Å²) in [7, 11) is 1.44. The number of allylic oxidation sites excluding steroid dienone is 2. The molecule has 1 aromatic rings. The molecule has 0 aromatic heterocycles. The molecule has 2 atom stereocenters. The summed E-state index contributed by atoms with van der Waals surface area (Å²) in [4.78, 5) is 11.7. The Bertz CT molecular complexity index is 585. The van der Waals surface area contributed by atoms with Crippen LogP contribution in [0.1, 0.15) is 12.0 Å². The van der Waals surface area contributed by atoms with Gasteiger partial charge in [-0.3, -0.25) is 4.79 Å². The minimum atomic E-state index is -1.11. The first-order valence-corrected chi connectivity index (χ1v) is 7.01. The second kappa shape index (κ2) is 6.41. The molecule has 0 radical (unpaired) electrons. The lowest BCUT2D eigenvalue weighted by Gasteiger charge is -2.36. The third-order valence-corrected chi connectivity index (χ3v) is 4.08. The summed E-state index contributed by atoms with van der Waals surface area (Å²) in [6.45, 7) is 0. The second-order valence-corrected chi connectivity index (χ2v) is 5.44. The highest BCUT2D eigenvalue weighted by Gasteiger charge is 2.43. The lowest BCUT2D eigenvalue weighted by Crippen LogP contribution is -2.46. The Morgan fingerprint density at radius 2 is 2.10 bits per heavy atom. The number of benzene rings is 1. The maximum absolute atomic E-state index is 13.9. The van der Waals surface area contributed by atoms with E-state index < -0.39 is 23.3 Å². The third-order valence-electron chi connectivity index (χ3n) is 3.77. The number of rotatable bonds is 5. The Morgan fingerprint density at radius 3 is 2.67 bits per heavy atom. The van der Waals surface area contributed by atoms with Crippen LogP contribution in [0.15, 0.2) is 53.3 Å². The van der Waals surface area contributed by atoms with Crippen LogP contribution in [0.4, 0.5) is 4.39 Å². The van der Waals surface area contributed by atoms with E-state index in [4.69, 9.17) is 22.1 Å². The summed E-state index contributed by atoms with van der Waals surface area (Å²) in [6.07, 6.45) is 3.64. The van der Waals surface area contributed by atoms with Crippen molar-refractivity contribution in [2.45, 2.75) is 18.4 Å². The van der Waals surface area contributed by atoms with E-state index in [-0.39, 0.29) is 5.03 Å². The van der Waals surface area contributed by atoms with E-state index in [2.05, 4.69) is 0 Å². The van der Waals surface area contributed by atoms with Gasteiger partial charge in [-0.25, -0.2) is 4.39 Å². The molecule has 0 heterocycles. The quantitative estimate of drug-likeness (QED) is 0.908. The van der Waals surface area contributed by atoms with Crippen molar-refractivity contribution in [1.29, 1.82) is 0 Å². The van der Waals surface area contributed by atoms with Gasteiger partial charge in [0.25, 0.3) is 0 Å². The Morgan fingerprint density at radius 1 is 1.43 bits per heavy atom. The average Bonchev–Trinajstić information content (AvgIpc) is 2.49. The van der Waals surface area contributed by atoms with E-state index in [1.165, 1.54) is 19.3 Å². The van der Waals surface area contributed by atoms with Gasteiger partial charge in [0.2, 0.25) is 5.91 Å². The van der Waals surface area contributed by atoms with Crippen molar-refractivity contribution in [3.63, 3.8) is 0 Å². The molecule has 1 aliphatic carbocycles. The van der Waals surface area contributed by atoms with E-state index in [1.807, 2.05) is 30.3 Å². The van der Waals surface area contributed by atoms with Crippen LogP contribution in [0.5, 0.6) is 0 Å². The van der Waals surface area contributed by atoms with Gasteiger partial charge >= 0.3 is 0 Å². The van der Waals surface area contributed by atoms with Gasteiger partial charge in [0.05, 0.1) is 11.0 Å². The lowest BCUT2D eigenvalue weighted by atomic mass is 9.78. The molecule has 0 spiro atoms. The Hall–Kier alpha value is -1.65. The summed E-state index contributed by atoms with van der Waals surface area (Å²) >= 11 is 5.76. The van der Waals surface area contributed by atoms with Crippen molar-refractivity contribution < 1.29 is 13.9 Å². The van der Waals surface area contributed by atoms with E-state index >= 15 is 0 Å². The van der Waals surface area contributed by atoms with Crippen LogP contribution in [0.3, 0.4) is 0 Å². The fraction of sp³-hybridized carbons (Fsp3) is 0.312. The normalized spacial score (nSPS) is 25.2. The summed E-state index contributed by atoms with van der Waals surface area (Å²) in [6, 6.07) is 9.70. The van der Waals surface area contributed by atoms with Crippen LogP contribution in [0, 0.1) is 5.92 Å². The van der Waals surface area contributed by atoms with Gasteiger partial charge in [-0.2, -0.15) is 0 Å². The number of halogens is 2. The number of hydrogen-bond acceptors (Lipinski definition) is 2. The minimum Gasteiger partial charge on any atom is -0.373 e. The van der Waals surface area contributed by atoms with Crippen LogP contribution < -0.4 is 5.73 Å². The van der Waals surface area contributed by atoms with Crippen LogP contribution in [-0.2, 0) is 16.0 Å². The van der Waals surface area contributed by atoms with Gasteiger partial charge in [0.1, 0.15) is 11.4 Å². The van der Waals surface area contributed by atoms with Crippen LogP contribution in [0.25, 0.3) is 0 Å². The van der Waals surface area contributed by atoms with Crippen LogP contribution in [-0.4, -0.2) is 18.6 Å². The molecule has 0 saturated carbocycles. The molecule has 5 heteroatoms. The fourth-order valence-corrected chi connectivity index (χ4v) is 2.74. The molecule has 0 fully saturated rings. The van der Waals surface area contributed by atoms with E-state index in [9.17, 15) is 9.18 Å². The lowest BCUT2D eigenvalue weighted by molar-refractivity contribution is -0.128. The van der Waals surface area contributed by atoms with Crippen molar-refractivity contribution in [3.8, 4) is 0 Å². The number of carbonyl (C=O) groups excluding carboxylic acids is 1. The third kappa shape index (κ3) is 3.34. The van der Waals surface area contributed by atoms with E-state index in [0.717, 1.165) is 5.56 Å². The largest absolute Gasteiger partial charge is 0.373 e. The maximum atomic E-state index is 13.9. The molecule has 0 aliphatic heterocycles. The van der Waals surface area contributed by atoms with Crippen LogP contribution >= 0.6 is 11.6 Å². The first-order valence-electron chi connectivity index (χ1n) is 6.63. The van der Waals surface area contributed by atoms with Crippen molar-refractivity contribution in [3.05, 3.63) is 58.9 Å². The van der Waals surface area contributed by atoms with Gasteiger partial charge < -0.3 is 10.5 Å². The van der Waals surface area contributed by atoms with Gasteiger partial charge in [-0.1, -0.05) is 41.9 Å². The molecule has 1 amide bonds. The van der Waals surface area contributed by atoms with Gasteiger partial charge in [-0.15, -0.1) is 0 Å². The Balaban J connectivity index is 2.27. The zero-order valence-electron chi connectivity index (χ0n) is 11.7. The average molecular weight is 310 g/mol. The highest BCUT2D eigenvalue weighted by atomic mass is 35.5. The number of hydrogen-bond donors (Lipinski definition) is 1. The molecule has 3 nitrogen and oxygen atoms in total. The van der Waals surface area contributed by atoms with Crippen LogP contribution in [0.2, 0.25) is 0 Å². The van der Waals surface area contributed by atoms with Gasteiger partial charge in [0, 0.05) is 7.11 Å². The molecule has 112 valence electrons. The molecule has 2 N–H and O–H groups in total. The highest BCUT2D eigenvalue weighted by Crippen LogP contribution is 2.38. The van der Waals surface area contributed by atoms with E-state index in [0.29, 0.717) is 12.8 Å². The summed E-state index contributed by atoms with van der Waals surface area (Å²) in [5, 5.41) is -0.105. The second-order valence-electron chi connectivity index (χ2n) is 5.03. The highest BCUT2D eigenvalue weighted by molar-refractivity contribution is 6.32. The van der Waals surface area contributed by atoms with Crippen molar-refractivity contribution in [2.24, 2.45) is 11.7 Å². The van der Waals surface area contributed by atoms with Crippen molar-refractivity contribution in [2.75, 3.05) is 7.11 Å². The summed E-state index contributed by atoms with van der Waals surface area (Å²) < 4.78 is 19.3. The number of methoxy groups -OCH3 is 1. The molecule has 2 rings (SSSR count). The standard InChI is InChI=1S/C16H17ClFNO2/c1-21-16(8-7-11-5-3-2-4-6-11)10-14(18)13(17)9-12(16)15(19)20/h2-6,9-10,12H,7-8H2,1H3,(H2,19,20). The monoisotopic (exact) mass is 309 g/mol. The smallest absolute Gasteiger partial charge is 0.227 e.